The number of allylic oxidation sites excluding steroid dienone is 2. The summed E-state index contributed by atoms with van der Waals surface area (Å²) < 4.78 is 13.4. The van der Waals surface area contributed by atoms with Gasteiger partial charge >= 0.3 is 11.9 Å². The monoisotopic (exact) mass is 491 g/mol. The second-order valence-corrected chi connectivity index (χ2v) is 9.32. The Morgan fingerprint density at radius 2 is 1.61 bits per heavy atom. The summed E-state index contributed by atoms with van der Waals surface area (Å²) in [7, 11) is 3.73. The van der Waals surface area contributed by atoms with Crippen molar-refractivity contribution < 1.29 is 19.1 Å². The molecule has 5 rings (SSSR count). The molecule has 188 valence electrons. The van der Waals surface area contributed by atoms with Gasteiger partial charge in [0.25, 0.3) is 0 Å². The topological polar surface area (TPSA) is 129 Å². The Morgan fingerprint density at radius 3 is 2.25 bits per heavy atom. The van der Waals surface area contributed by atoms with Crippen LogP contribution in [0.25, 0.3) is 11.2 Å². The van der Waals surface area contributed by atoms with Crippen LogP contribution >= 0.6 is 0 Å². The van der Waals surface area contributed by atoms with E-state index in [1.807, 2.05) is 53.0 Å². The lowest BCUT2D eigenvalue weighted by Gasteiger charge is -2.44. The van der Waals surface area contributed by atoms with Crippen LogP contribution in [0.4, 0.5) is 5.82 Å². The molecule has 11 nitrogen and oxygen atoms in total. The minimum atomic E-state index is -0.350. The van der Waals surface area contributed by atoms with Gasteiger partial charge in [0.1, 0.15) is 11.8 Å². The maximum Gasteiger partial charge on any atom is 0.335 e. The van der Waals surface area contributed by atoms with Crippen LogP contribution in [-0.4, -0.2) is 68.6 Å². The van der Waals surface area contributed by atoms with Gasteiger partial charge in [0.05, 0.1) is 30.7 Å². The second kappa shape index (κ2) is 9.84. The van der Waals surface area contributed by atoms with Gasteiger partial charge in [-0.15, -0.1) is 0 Å². The van der Waals surface area contributed by atoms with E-state index in [1.165, 1.54) is 6.33 Å². The van der Waals surface area contributed by atoms with E-state index in [0.29, 0.717) is 41.0 Å². The number of nitrogens with zero attached hydrogens (tertiary/aromatic N) is 6. The smallest absolute Gasteiger partial charge is 0.335 e. The molecule has 0 amide bonds. The van der Waals surface area contributed by atoms with Crippen LogP contribution in [0.2, 0.25) is 0 Å². The molecule has 1 fully saturated rings. The predicted molar refractivity (Wildman–Crippen MR) is 131 cm³/mol. The number of fused-ring (bicyclic) bond motifs is 1. The number of aromatic nitrogens is 4. The summed E-state index contributed by atoms with van der Waals surface area (Å²) in [5.41, 5.74) is 8.32. The van der Waals surface area contributed by atoms with Crippen LogP contribution in [0, 0.1) is 11.8 Å². The molecule has 0 aromatic carbocycles. The molecule has 0 radical (unpaired) electrons. The number of hydrogen-bond acceptors (Lipinski definition) is 10. The van der Waals surface area contributed by atoms with E-state index < -0.39 is 0 Å². The van der Waals surface area contributed by atoms with Crippen molar-refractivity contribution in [2.24, 2.45) is 11.8 Å². The molecule has 1 saturated carbocycles. The van der Waals surface area contributed by atoms with E-state index in [-0.39, 0.29) is 43.0 Å². The molecule has 0 saturated heterocycles. The molecule has 3 atom stereocenters. The Morgan fingerprint density at radius 1 is 0.972 bits per heavy atom. The lowest BCUT2D eigenvalue weighted by molar-refractivity contribution is -0.150. The molecule has 4 heterocycles. The van der Waals surface area contributed by atoms with Crippen molar-refractivity contribution in [2.45, 2.75) is 25.3 Å². The Balaban J connectivity index is 1.29. The number of hydrogen-bond donors (Lipinski definition) is 1. The first kappa shape index (κ1) is 23.6. The Hall–Kier alpha value is -4.15. The molecule has 0 spiro atoms. The average molecular weight is 492 g/mol. The summed E-state index contributed by atoms with van der Waals surface area (Å²) in [5, 5.41) is 0. The van der Waals surface area contributed by atoms with Crippen LogP contribution in [0.15, 0.2) is 60.8 Å². The molecule has 1 aliphatic carbocycles. The third-order valence-corrected chi connectivity index (χ3v) is 6.82. The number of rotatable bonds is 7. The first-order valence-electron chi connectivity index (χ1n) is 11.9. The molecule has 3 aliphatic rings. The van der Waals surface area contributed by atoms with Crippen molar-refractivity contribution in [3.8, 4) is 0 Å². The highest BCUT2D eigenvalue weighted by Crippen LogP contribution is 2.45. The first-order chi connectivity index (χ1) is 17.4. The van der Waals surface area contributed by atoms with Gasteiger partial charge in [-0.3, -0.25) is 0 Å². The third kappa shape index (κ3) is 4.68. The highest BCUT2D eigenvalue weighted by atomic mass is 16.5. The minimum absolute atomic E-state index is 0.0174. The van der Waals surface area contributed by atoms with Crippen LogP contribution in [0.1, 0.15) is 25.3 Å². The minimum Gasteiger partial charge on any atom is -0.462 e. The van der Waals surface area contributed by atoms with Gasteiger partial charge in [-0.1, -0.05) is 12.2 Å². The van der Waals surface area contributed by atoms with E-state index in [4.69, 9.17) is 15.2 Å². The number of carbonyl (C=O) groups is 2. The SMILES string of the molecule is CN1C=CCC(C(=O)OCC2CC(n3cnc4c(N)ncnc43)C2COC(=O)C2=CN(C)C=CC2)=C1. The van der Waals surface area contributed by atoms with Gasteiger partial charge in [-0.25, -0.2) is 24.5 Å². The zero-order valence-electron chi connectivity index (χ0n) is 20.3. The van der Waals surface area contributed by atoms with E-state index >= 15 is 0 Å². The average Bonchev–Trinajstić information content (AvgIpc) is 3.28. The standard InChI is InChI=1S/C25H29N7O4/c1-30-7-3-5-16(10-30)24(33)35-12-18-9-20(32-15-29-21-22(26)27-14-28-23(21)32)19(18)13-36-25(34)17-6-4-8-31(2)11-17/h3-4,7-8,10-11,14-15,18-20H,5-6,9,12-13H2,1-2H3,(H2,26,27,28). The number of imidazole rings is 1. The predicted octanol–water partition coefficient (Wildman–Crippen LogP) is 2.14. The van der Waals surface area contributed by atoms with Gasteiger partial charge in [-0.05, 0) is 18.8 Å². The zero-order chi connectivity index (χ0) is 25.2. The lowest BCUT2D eigenvalue weighted by Crippen LogP contribution is -2.44. The summed E-state index contributed by atoms with van der Waals surface area (Å²) in [6.07, 6.45) is 16.1. The quantitative estimate of drug-likeness (QED) is 0.575. The molecule has 3 unspecified atom stereocenters. The van der Waals surface area contributed by atoms with Crippen molar-refractivity contribution >= 4 is 28.9 Å². The molecule has 2 aliphatic heterocycles. The molecule has 2 N–H and O–H groups in total. The molecule has 36 heavy (non-hydrogen) atoms. The number of ether oxygens (including phenoxy) is 2. The fraction of sp³-hybridized carbons (Fsp3) is 0.400. The maximum atomic E-state index is 12.7. The van der Waals surface area contributed by atoms with Gasteiger partial charge in [0.2, 0.25) is 0 Å². The Bertz CT molecular complexity index is 1290. The van der Waals surface area contributed by atoms with Crippen molar-refractivity contribution in [3.05, 3.63) is 60.8 Å². The summed E-state index contributed by atoms with van der Waals surface area (Å²) in [4.78, 5) is 41.8. The van der Waals surface area contributed by atoms with Gasteiger partial charge in [-0.2, -0.15) is 0 Å². The Kier molecular flexibility index (Phi) is 6.45. The van der Waals surface area contributed by atoms with Gasteiger partial charge in [0.15, 0.2) is 11.5 Å². The molecule has 2 aromatic rings. The first-order valence-corrected chi connectivity index (χ1v) is 11.9. The molecular formula is C25H29N7O4. The summed E-state index contributed by atoms with van der Waals surface area (Å²) >= 11 is 0. The van der Waals surface area contributed by atoms with Crippen molar-refractivity contribution in [1.82, 2.24) is 29.3 Å². The highest BCUT2D eigenvalue weighted by Gasteiger charge is 2.44. The maximum absolute atomic E-state index is 12.7. The second-order valence-electron chi connectivity index (χ2n) is 9.32. The van der Waals surface area contributed by atoms with Crippen LogP contribution in [0.3, 0.4) is 0 Å². The number of esters is 2. The number of anilines is 1. The summed E-state index contributed by atoms with van der Waals surface area (Å²) in [6.45, 7) is 0.422. The largest absolute Gasteiger partial charge is 0.462 e. The zero-order valence-corrected chi connectivity index (χ0v) is 20.3. The fourth-order valence-electron chi connectivity index (χ4n) is 4.84. The van der Waals surface area contributed by atoms with Gasteiger partial charge < -0.3 is 29.6 Å². The van der Waals surface area contributed by atoms with Gasteiger partial charge in [0, 0.05) is 57.2 Å². The normalized spacial score (nSPS) is 23.2. The highest BCUT2D eigenvalue weighted by molar-refractivity contribution is 5.89. The molecular weight excluding hydrogens is 462 g/mol. The number of nitrogens with two attached hydrogens (primary N) is 1. The van der Waals surface area contributed by atoms with Crippen molar-refractivity contribution in [2.75, 3.05) is 33.0 Å². The van der Waals surface area contributed by atoms with Crippen LogP contribution < -0.4 is 5.73 Å². The lowest BCUT2D eigenvalue weighted by atomic mass is 9.69. The van der Waals surface area contributed by atoms with Crippen LogP contribution in [0.5, 0.6) is 0 Å². The molecule has 11 heteroatoms. The van der Waals surface area contributed by atoms with Crippen molar-refractivity contribution in [1.29, 1.82) is 0 Å². The molecule has 0 bridgehead atoms. The van der Waals surface area contributed by atoms with E-state index in [0.717, 1.165) is 6.42 Å². The van der Waals surface area contributed by atoms with E-state index in [2.05, 4.69) is 15.0 Å². The van der Waals surface area contributed by atoms with Crippen molar-refractivity contribution in [3.63, 3.8) is 0 Å². The Labute approximate surface area is 208 Å². The van der Waals surface area contributed by atoms with E-state index in [9.17, 15) is 9.59 Å². The summed E-state index contributed by atoms with van der Waals surface area (Å²) in [6, 6.07) is -0.0355. The van der Waals surface area contributed by atoms with E-state index in [1.54, 1.807) is 18.7 Å². The van der Waals surface area contributed by atoms with Crippen LogP contribution in [-0.2, 0) is 19.1 Å². The number of carbonyl (C=O) groups excluding carboxylic acids is 2. The third-order valence-electron chi connectivity index (χ3n) is 6.82. The summed E-state index contributed by atoms with van der Waals surface area (Å²) in [5.74, 6) is -0.440. The fourth-order valence-corrected chi connectivity index (χ4v) is 4.84. The molecule has 2 aromatic heterocycles. The number of nitrogen functional groups attached to an aromatic ring is 1.